The van der Waals surface area contributed by atoms with Crippen LogP contribution in [0, 0.1) is 0 Å². The van der Waals surface area contributed by atoms with Gasteiger partial charge in [0.1, 0.15) is 0 Å². The van der Waals surface area contributed by atoms with Gasteiger partial charge >= 0.3 is 0 Å². The molecule has 1 aromatic rings. The molecule has 0 atom stereocenters. The standard InChI is InChI=1S/C16H19NO3/c18-14-10-9-12(11-15(14)19)5-1-4-8-16(20)17-13-6-2-3-7-13/h1,4-5,8-11,13,18-19H,2-3,6-7H2,(H,17,20)/b5-1+,8-4+. The summed E-state index contributed by atoms with van der Waals surface area (Å²) in [7, 11) is 0. The Morgan fingerprint density at radius 2 is 1.90 bits per heavy atom. The smallest absolute Gasteiger partial charge is 0.244 e. The van der Waals surface area contributed by atoms with E-state index in [9.17, 15) is 15.0 Å². The van der Waals surface area contributed by atoms with Crippen molar-refractivity contribution in [3.8, 4) is 11.5 Å². The topological polar surface area (TPSA) is 69.6 Å². The van der Waals surface area contributed by atoms with Crippen molar-refractivity contribution in [2.24, 2.45) is 0 Å². The molecule has 3 N–H and O–H groups in total. The Hall–Kier alpha value is -2.23. The van der Waals surface area contributed by atoms with Crippen LogP contribution in [0.3, 0.4) is 0 Å². The van der Waals surface area contributed by atoms with Crippen LogP contribution in [0.4, 0.5) is 0 Å². The van der Waals surface area contributed by atoms with Crippen molar-refractivity contribution in [3.05, 3.63) is 42.0 Å². The van der Waals surface area contributed by atoms with Gasteiger partial charge in [-0.25, -0.2) is 0 Å². The summed E-state index contributed by atoms with van der Waals surface area (Å²) in [4.78, 5) is 11.6. The highest BCUT2D eigenvalue weighted by atomic mass is 16.3. The summed E-state index contributed by atoms with van der Waals surface area (Å²) in [5.74, 6) is -0.376. The van der Waals surface area contributed by atoms with Crippen molar-refractivity contribution in [2.75, 3.05) is 0 Å². The largest absolute Gasteiger partial charge is 0.504 e. The lowest BCUT2D eigenvalue weighted by molar-refractivity contribution is -0.117. The Morgan fingerprint density at radius 3 is 2.60 bits per heavy atom. The molecule has 0 bridgehead atoms. The Morgan fingerprint density at radius 1 is 1.15 bits per heavy atom. The molecule has 20 heavy (non-hydrogen) atoms. The average molecular weight is 273 g/mol. The number of nitrogens with one attached hydrogen (secondary N) is 1. The van der Waals surface area contributed by atoms with E-state index in [1.807, 2.05) is 0 Å². The van der Waals surface area contributed by atoms with Crippen molar-refractivity contribution in [1.82, 2.24) is 5.32 Å². The fourth-order valence-electron chi connectivity index (χ4n) is 2.27. The number of benzene rings is 1. The van der Waals surface area contributed by atoms with E-state index in [1.54, 1.807) is 24.3 Å². The maximum absolute atomic E-state index is 11.6. The first-order valence-corrected chi connectivity index (χ1v) is 6.82. The lowest BCUT2D eigenvalue weighted by Crippen LogP contribution is -2.30. The molecular formula is C16H19NO3. The van der Waals surface area contributed by atoms with Gasteiger partial charge in [-0.3, -0.25) is 4.79 Å². The molecule has 1 saturated carbocycles. The second-order valence-corrected chi connectivity index (χ2v) is 4.96. The summed E-state index contributed by atoms with van der Waals surface area (Å²) in [6, 6.07) is 4.88. The summed E-state index contributed by atoms with van der Waals surface area (Å²) in [6.07, 6.45) is 11.2. The quantitative estimate of drug-likeness (QED) is 0.449. The summed E-state index contributed by atoms with van der Waals surface area (Å²) < 4.78 is 0. The van der Waals surface area contributed by atoms with Crippen LogP contribution < -0.4 is 5.32 Å². The predicted molar refractivity (Wildman–Crippen MR) is 78.3 cm³/mol. The maximum Gasteiger partial charge on any atom is 0.244 e. The Kier molecular flexibility index (Phi) is 4.82. The summed E-state index contributed by atoms with van der Waals surface area (Å²) in [5, 5.41) is 21.5. The zero-order chi connectivity index (χ0) is 14.4. The van der Waals surface area contributed by atoms with Crippen LogP contribution in [0.25, 0.3) is 6.08 Å². The average Bonchev–Trinajstić information content (AvgIpc) is 2.91. The van der Waals surface area contributed by atoms with Crippen molar-refractivity contribution in [3.63, 3.8) is 0 Å². The molecule has 0 aliphatic heterocycles. The number of carbonyl (C=O) groups excluding carboxylic acids is 1. The number of aromatic hydroxyl groups is 2. The van der Waals surface area contributed by atoms with Crippen molar-refractivity contribution in [1.29, 1.82) is 0 Å². The van der Waals surface area contributed by atoms with Crippen molar-refractivity contribution in [2.45, 2.75) is 31.7 Å². The van der Waals surface area contributed by atoms with Crippen LogP contribution >= 0.6 is 0 Å². The lowest BCUT2D eigenvalue weighted by Gasteiger charge is -2.08. The number of phenols is 2. The van der Waals surface area contributed by atoms with Gasteiger partial charge in [0.15, 0.2) is 11.5 Å². The van der Waals surface area contributed by atoms with Gasteiger partial charge in [-0.05, 0) is 30.5 Å². The number of rotatable bonds is 4. The van der Waals surface area contributed by atoms with Gasteiger partial charge < -0.3 is 15.5 Å². The minimum Gasteiger partial charge on any atom is -0.504 e. The first-order valence-electron chi connectivity index (χ1n) is 6.82. The van der Waals surface area contributed by atoms with Gasteiger partial charge in [-0.2, -0.15) is 0 Å². The number of phenolic OH excluding ortho intramolecular Hbond substituents is 2. The highest BCUT2D eigenvalue weighted by Gasteiger charge is 2.15. The highest BCUT2D eigenvalue weighted by Crippen LogP contribution is 2.25. The minimum absolute atomic E-state index is 0.0740. The molecule has 1 amide bonds. The Bertz CT molecular complexity index is 529. The van der Waals surface area contributed by atoms with Crippen LogP contribution in [0.1, 0.15) is 31.2 Å². The number of allylic oxidation sites excluding steroid dienone is 2. The number of carbonyl (C=O) groups is 1. The third kappa shape index (κ3) is 4.16. The van der Waals surface area contributed by atoms with Crippen molar-refractivity contribution >= 4 is 12.0 Å². The molecule has 1 aromatic carbocycles. The molecule has 0 aromatic heterocycles. The molecule has 0 unspecified atom stereocenters. The fraction of sp³-hybridized carbons (Fsp3) is 0.312. The van der Waals surface area contributed by atoms with E-state index >= 15 is 0 Å². The van der Waals surface area contributed by atoms with Crippen LogP contribution in [-0.4, -0.2) is 22.2 Å². The maximum atomic E-state index is 11.6. The van der Waals surface area contributed by atoms with Gasteiger partial charge in [0.2, 0.25) is 5.91 Å². The predicted octanol–water partition coefficient (Wildman–Crippen LogP) is 2.73. The van der Waals surface area contributed by atoms with E-state index in [4.69, 9.17) is 0 Å². The monoisotopic (exact) mass is 273 g/mol. The van der Waals surface area contributed by atoms with Crippen molar-refractivity contribution < 1.29 is 15.0 Å². The van der Waals surface area contributed by atoms with E-state index in [2.05, 4.69) is 5.32 Å². The molecule has 0 heterocycles. The lowest BCUT2D eigenvalue weighted by atomic mass is 10.2. The molecule has 0 saturated heterocycles. The van der Waals surface area contributed by atoms with Crippen LogP contribution in [-0.2, 0) is 4.79 Å². The first kappa shape index (κ1) is 14.2. The molecule has 106 valence electrons. The van der Waals surface area contributed by atoms with Crippen LogP contribution in [0.2, 0.25) is 0 Å². The summed E-state index contributed by atoms with van der Waals surface area (Å²) in [6.45, 7) is 0. The van der Waals surface area contributed by atoms with Gasteiger partial charge in [-0.15, -0.1) is 0 Å². The molecule has 4 heteroatoms. The number of hydrogen-bond acceptors (Lipinski definition) is 3. The molecule has 1 aliphatic carbocycles. The Balaban J connectivity index is 1.83. The normalized spacial score (nSPS) is 16.2. The molecule has 2 rings (SSSR count). The fourth-order valence-corrected chi connectivity index (χ4v) is 2.27. The van der Waals surface area contributed by atoms with Crippen LogP contribution in [0.15, 0.2) is 36.4 Å². The SMILES string of the molecule is O=C(/C=C/C=C/c1ccc(O)c(O)c1)NC1CCCC1. The summed E-state index contributed by atoms with van der Waals surface area (Å²) >= 11 is 0. The molecule has 0 radical (unpaired) electrons. The third-order valence-corrected chi connectivity index (χ3v) is 3.35. The molecule has 0 spiro atoms. The minimum atomic E-state index is -0.157. The molecule has 1 fully saturated rings. The van der Waals surface area contributed by atoms with Gasteiger partial charge in [0, 0.05) is 12.1 Å². The van der Waals surface area contributed by atoms with E-state index < -0.39 is 0 Å². The van der Waals surface area contributed by atoms with E-state index in [-0.39, 0.29) is 17.4 Å². The summed E-state index contributed by atoms with van der Waals surface area (Å²) in [5.41, 5.74) is 0.751. The van der Waals surface area contributed by atoms with Gasteiger partial charge in [-0.1, -0.05) is 37.1 Å². The van der Waals surface area contributed by atoms with E-state index in [0.717, 1.165) is 18.4 Å². The molecular weight excluding hydrogens is 254 g/mol. The third-order valence-electron chi connectivity index (χ3n) is 3.35. The zero-order valence-electron chi connectivity index (χ0n) is 11.2. The second kappa shape index (κ2) is 6.80. The van der Waals surface area contributed by atoms with E-state index in [0.29, 0.717) is 6.04 Å². The molecule has 1 aliphatic rings. The highest BCUT2D eigenvalue weighted by molar-refractivity contribution is 5.88. The molecule has 4 nitrogen and oxygen atoms in total. The number of hydrogen-bond donors (Lipinski definition) is 3. The second-order valence-electron chi connectivity index (χ2n) is 4.96. The first-order chi connectivity index (χ1) is 9.65. The van der Waals surface area contributed by atoms with E-state index in [1.165, 1.54) is 31.1 Å². The van der Waals surface area contributed by atoms with Gasteiger partial charge in [0.05, 0.1) is 0 Å². The Labute approximate surface area is 118 Å². The van der Waals surface area contributed by atoms with Crippen LogP contribution in [0.5, 0.6) is 11.5 Å². The number of amides is 1. The zero-order valence-corrected chi connectivity index (χ0v) is 11.2. The van der Waals surface area contributed by atoms with Gasteiger partial charge in [0.25, 0.3) is 0 Å².